The molecule has 4 N–H and O–H groups in total. The average molecular weight is 226 g/mol. The number of amides is 2. The molecule has 0 unspecified atom stereocenters. The number of hydrogen-bond donors (Lipinski definition) is 2. The van der Waals surface area contributed by atoms with Crippen molar-refractivity contribution in [1.29, 1.82) is 0 Å². The molecule has 5 heteroatoms. The third kappa shape index (κ3) is 15.1. The number of rotatable bonds is 8. The van der Waals surface area contributed by atoms with Crippen LogP contribution in [0.25, 0.3) is 0 Å². The summed E-state index contributed by atoms with van der Waals surface area (Å²) >= 11 is 0. The first-order valence-electron chi connectivity index (χ1n) is 4.69. The summed E-state index contributed by atoms with van der Waals surface area (Å²) in [6.45, 7) is 0. The summed E-state index contributed by atoms with van der Waals surface area (Å²) < 4.78 is 0. The Morgan fingerprint density at radius 1 is 0.714 bits per heavy atom. The zero-order valence-electron chi connectivity index (χ0n) is 7.92. The molecule has 0 saturated heterocycles. The molecule has 0 aromatic rings. The molecule has 0 rings (SSSR count). The molecular formula is C9H19KN2O2. The van der Waals surface area contributed by atoms with Gasteiger partial charge in [0.25, 0.3) is 0 Å². The Kier molecular flexibility index (Phi) is 14.1. The molecule has 0 aliphatic rings. The van der Waals surface area contributed by atoms with Gasteiger partial charge in [-0.1, -0.05) is 19.3 Å². The van der Waals surface area contributed by atoms with Gasteiger partial charge < -0.3 is 11.5 Å². The van der Waals surface area contributed by atoms with E-state index in [2.05, 4.69) is 0 Å². The van der Waals surface area contributed by atoms with Crippen molar-refractivity contribution in [2.24, 2.45) is 11.5 Å². The van der Waals surface area contributed by atoms with Crippen LogP contribution in [-0.4, -0.2) is 63.2 Å². The first-order chi connectivity index (χ1) is 6.13. The van der Waals surface area contributed by atoms with Crippen LogP contribution in [0.5, 0.6) is 0 Å². The fraction of sp³-hybridized carbons (Fsp3) is 0.778. The van der Waals surface area contributed by atoms with Crippen molar-refractivity contribution in [3.63, 3.8) is 0 Å². The van der Waals surface area contributed by atoms with E-state index in [0.717, 1.165) is 32.1 Å². The van der Waals surface area contributed by atoms with E-state index in [1.54, 1.807) is 0 Å². The molecule has 0 spiro atoms. The Labute approximate surface area is 128 Å². The molecule has 0 aromatic heterocycles. The summed E-state index contributed by atoms with van der Waals surface area (Å²) in [4.78, 5) is 20.7. The number of unbranched alkanes of at least 4 members (excludes halogenated alkanes) is 4. The molecular weight excluding hydrogens is 207 g/mol. The second-order valence-electron chi connectivity index (χ2n) is 3.20. The van der Waals surface area contributed by atoms with Crippen LogP contribution in [0.3, 0.4) is 0 Å². The second-order valence-corrected chi connectivity index (χ2v) is 3.20. The first-order valence-corrected chi connectivity index (χ1v) is 4.69. The maximum atomic E-state index is 10.3. The summed E-state index contributed by atoms with van der Waals surface area (Å²) in [5.74, 6) is -0.478. The number of carbonyl (C=O) groups is 2. The van der Waals surface area contributed by atoms with Crippen LogP contribution < -0.4 is 11.5 Å². The van der Waals surface area contributed by atoms with Crippen molar-refractivity contribution in [1.82, 2.24) is 0 Å². The van der Waals surface area contributed by atoms with Crippen molar-refractivity contribution in [2.45, 2.75) is 44.9 Å². The predicted molar refractivity (Wildman–Crippen MR) is 57.9 cm³/mol. The molecule has 2 amide bonds. The van der Waals surface area contributed by atoms with Gasteiger partial charge in [0.2, 0.25) is 11.8 Å². The molecule has 0 saturated carbocycles. The van der Waals surface area contributed by atoms with Crippen molar-refractivity contribution >= 4 is 63.2 Å². The van der Waals surface area contributed by atoms with E-state index in [-0.39, 0.29) is 63.2 Å². The molecule has 4 nitrogen and oxygen atoms in total. The van der Waals surface area contributed by atoms with Crippen LogP contribution in [0.4, 0.5) is 0 Å². The van der Waals surface area contributed by atoms with Crippen LogP contribution in [0, 0.1) is 0 Å². The Morgan fingerprint density at radius 3 is 1.29 bits per heavy atom. The molecule has 0 radical (unpaired) electrons. The van der Waals surface area contributed by atoms with Gasteiger partial charge in [-0.15, -0.1) is 0 Å². The Bertz CT molecular complexity index is 156. The predicted octanol–water partition coefficient (Wildman–Crippen LogP) is 0.0392. The molecule has 0 aliphatic carbocycles. The quantitative estimate of drug-likeness (QED) is 0.452. The second kappa shape index (κ2) is 11.7. The first kappa shape index (κ1) is 17.0. The van der Waals surface area contributed by atoms with Crippen LogP contribution >= 0.6 is 0 Å². The molecule has 0 fully saturated rings. The average Bonchev–Trinajstić information content (AvgIpc) is 2.01. The van der Waals surface area contributed by atoms with Crippen molar-refractivity contribution < 1.29 is 9.59 Å². The molecule has 0 aliphatic heterocycles. The fourth-order valence-electron chi connectivity index (χ4n) is 1.13. The third-order valence-electron chi connectivity index (χ3n) is 1.85. The van der Waals surface area contributed by atoms with Crippen LogP contribution in [0.1, 0.15) is 44.9 Å². The van der Waals surface area contributed by atoms with E-state index < -0.39 is 0 Å². The van der Waals surface area contributed by atoms with Crippen LogP contribution in [0.2, 0.25) is 0 Å². The summed E-state index contributed by atoms with van der Waals surface area (Å²) in [6.07, 6.45) is 5.69. The summed E-state index contributed by atoms with van der Waals surface area (Å²) in [5, 5.41) is 0. The number of carbonyl (C=O) groups excluding carboxylic acids is 2. The van der Waals surface area contributed by atoms with Gasteiger partial charge in [-0.3, -0.25) is 9.59 Å². The van der Waals surface area contributed by atoms with Crippen molar-refractivity contribution in [3.8, 4) is 0 Å². The molecule has 78 valence electrons. The normalized spacial score (nSPS) is 9.14. The monoisotopic (exact) mass is 226 g/mol. The Balaban J connectivity index is 0. The van der Waals surface area contributed by atoms with Gasteiger partial charge in [-0.25, -0.2) is 0 Å². The standard InChI is InChI=1S/C9H18N2O2.K.H/c10-8(12)6-4-2-1-3-5-7-9(11)13;;/h1-7H2,(H2,10,12)(H2,11,13);;. The number of primary amides is 2. The molecule has 0 heterocycles. The molecule has 0 aromatic carbocycles. The van der Waals surface area contributed by atoms with Gasteiger partial charge in [0.15, 0.2) is 0 Å². The molecule has 0 atom stereocenters. The molecule has 0 bridgehead atoms. The van der Waals surface area contributed by atoms with Crippen LogP contribution in [0.15, 0.2) is 0 Å². The number of hydrogen-bond acceptors (Lipinski definition) is 2. The topological polar surface area (TPSA) is 86.2 Å². The van der Waals surface area contributed by atoms with Gasteiger partial charge in [0.05, 0.1) is 0 Å². The minimum absolute atomic E-state index is 0. The summed E-state index contributed by atoms with van der Waals surface area (Å²) in [7, 11) is 0. The van der Waals surface area contributed by atoms with Gasteiger partial charge in [-0.05, 0) is 12.8 Å². The summed E-state index contributed by atoms with van der Waals surface area (Å²) in [5.41, 5.74) is 9.95. The maximum absolute atomic E-state index is 10.3. The van der Waals surface area contributed by atoms with Gasteiger partial charge in [-0.2, -0.15) is 0 Å². The Hall–Kier alpha value is 0.576. The van der Waals surface area contributed by atoms with E-state index in [0.29, 0.717) is 12.8 Å². The molecule has 14 heavy (non-hydrogen) atoms. The van der Waals surface area contributed by atoms with E-state index in [1.165, 1.54) is 0 Å². The third-order valence-corrected chi connectivity index (χ3v) is 1.85. The Morgan fingerprint density at radius 2 is 1.00 bits per heavy atom. The van der Waals surface area contributed by atoms with Crippen molar-refractivity contribution in [3.05, 3.63) is 0 Å². The zero-order chi connectivity index (χ0) is 10.1. The fourth-order valence-corrected chi connectivity index (χ4v) is 1.13. The van der Waals surface area contributed by atoms with Gasteiger partial charge >= 0.3 is 51.4 Å². The number of nitrogens with two attached hydrogens (primary N) is 2. The van der Waals surface area contributed by atoms with E-state index in [4.69, 9.17) is 11.5 Å². The van der Waals surface area contributed by atoms with E-state index >= 15 is 0 Å². The van der Waals surface area contributed by atoms with Gasteiger partial charge in [0, 0.05) is 12.8 Å². The van der Waals surface area contributed by atoms with Gasteiger partial charge in [0.1, 0.15) is 0 Å². The van der Waals surface area contributed by atoms with Crippen LogP contribution in [-0.2, 0) is 9.59 Å². The zero-order valence-corrected chi connectivity index (χ0v) is 7.92. The van der Waals surface area contributed by atoms with Crippen molar-refractivity contribution in [2.75, 3.05) is 0 Å². The summed E-state index contributed by atoms with van der Waals surface area (Å²) in [6, 6.07) is 0. The van der Waals surface area contributed by atoms with E-state index in [1.807, 2.05) is 0 Å². The minimum atomic E-state index is -0.239. The van der Waals surface area contributed by atoms with E-state index in [9.17, 15) is 9.59 Å². The SMILES string of the molecule is NC(=O)CCCCCCCC(N)=O.[KH].